The molecule has 0 bridgehead atoms. The van der Waals surface area contributed by atoms with Gasteiger partial charge in [-0.05, 0) is 6.92 Å². The van der Waals surface area contributed by atoms with Gasteiger partial charge in [-0.3, -0.25) is 4.79 Å². The summed E-state index contributed by atoms with van der Waals surface area (Å²) in [6, 6.07) is 2.41. The highest BCUT2D eigenvalue weighted by molar-refractivity contribution is 6.60. The van der Waals surface area contributed by atoms with E-state index in [0.717, 1.165) is 0 Å². The van der Waals surface area contributed by atoms with Crippen LogP contribution in [-0.4, -0.2) is 35.9 Å². The summed E-state index contributed by atoms with van der Waals surface area (Å²) in [5, 5.41) is 8.88. The Balaban J connectivity index is 4.49. The van der Waals surface area contributed by atoms with Crippen molar-refractivity contribution in [2.24, 2.45) is 5.92 Å². The molecule has 0 heterocycles. The number of carbonyl (C=O) groups is 1. The second kappa shape index (κ2) is 6.69. The van der Waals surface area contributed by atoms with Gasteiger partial charge in [0.05, 0.1) is 12.0 Å². The topological polar surface area (TPSA) is 68.5 Å². The first kappa shape index (κ1) is 14.3. The van der Waals surface area contributed by atoms with Gasteiger partial charge in [0.2, 0.25) is 0 Å². The van der Waals surface area contributed by atoms with Gasteiger partial charge in [-0.15, -0.1) is 0 Å². The van der Waals surface area contributed by atoms with Crippen LogP contribution in [0.1, 0.15) is 13.3 Å². The number of rotatable bonds is 7. The van der Waals surface area contributed by atoms with E-state index in [-0.39, 0.29) is 12.2 Å². The second-order valence-corrected chi connectivity index (χ2v) is 6.23. The highest BCUT2D eigenvalue weighted by Gasteiger charge is 2.40. The van der Waals surface area contributed by atoms with Crippen molar-refractivity contribution in [3.8, 4) is 6.07 Å². The van der Waals surface area contributed by atoms with Crippen LogP contribution in [0.15, 0.2) is 0 Å². The van der Waals surface area contributed by atoms with Crippen molar-refractivity contribution < 1.29 is 18.1 Å². The van der Waals surface area contributed by atoms with Gasteiger partial charge < -0.3 is 13.3 Å². The number of nitrogens with zero attached hydrogens (tertiary/aromatic N) is 1. The fourth-order valence-corrected chi connectivity index (χ4v) is 3.15. The van der Waals surface area contributed by atoms with Gasteiger partial charge in [0.1, 0.15) is 5.78 Å². The van der Waals surface area contributed by atoms with Gasteiger partial charge in [-0.25, -0.2) is 0 Å². The monoisotopic (exact) mass is 231 g/mol. The molecule has 1 unspecified atom stereocenters. The maximum Gasteiger partial charge on any atom is 0.501 e. The summed E-state index contributed by atoms with van der Waals surface area (Å²) in [7, 11) is 1.72. The molecule has 0 fully saturated rings. The molecule has 0 aliphatic carbocycles. The van der Waals surface area contributed by atoms with E-state index in [2.05, 4.69) is 6.07 Å². The van der Waals surface area contributed by atoms with Crippen LogP contribution < -0.4 is 0 Å². The summed E-state index contributed by atoms with van der Waals surface area (Å²) < 4.78 is 15.5. The predicted molar refractivity (Wildman–Crippen MR) is 56.0 cm³/mol. The largest absolute Gasteiger partial charge is 0.501 e. The zero-order chi connectivity index (χ0) is 11.9. The third-order valence-corrected chi connectivity index (χ3v) is 5.00. The Hall–Kier alpha value is -0.743. The molecule has 86 valence electrons. The molecule has 0 aliphatic rings. The van der Waals surface area contributed by atoms with Crippen molar-refractivity contribution in [1.82, 2.24) is 0 Å². The third-order valence-electron chi connectivity index (χ3n) is 2.15. The molecule has 0 amide bonds. The first-order chi connectivity index (χ1) is 7.03. The maximum absolute atomic E-state index is 10.9. The molecule has 0 radical (unpaired) electrons. The second-order valence-electron chi connectivity index (χ2n) is 3.23. The minimum absolute atomic E-state index is 0.0206. The quantitative estimate of drug-likeness (QED) is 0.611. The average molecular weight is 231 g/mol. The molecule has 1 atom stereocenters. The lowest BCUT2D eigenvalue weighted by atomic mass is 10.1. The Kier molecular flexibility index (Phi) is 6.36. The number of carbonyl (C=O) groups excluding carboxylic acids is 1. The van der Waals surface area contributed by atoms with Gasteiger partial charge in [-0.2, -0.15) is 5.26 Å². The first-order valence-electron chi connectivity index (χ1n) is 4.58. The van der Waals surface area contributed by atoms with Gasteiger partial charge in [0.25, 0.3) is 0 Å². The zero-order valence-electron chi connectivity index (χ0n) is 9.57. The Morgan fingerprint density at radius 1 is 1.33 bits per heavy atom. The highest BCUT2D eigenvalue weighted by atomic mass is 28.4. The van der Waals surface area contributed by atoms with Crippen molar-refractivity contribution in [3.63, 3.8) is 0 Å². The minimum atomic E-state index is -2.74. The van der Waals surface area contributed by atoms with E-state index >= 15 is 0 Å². The van der Waals surface area contributed by atoms with Crippen molar-refractivity contribution >= 4 is 14.6 Å². The summed E-state index contributed by atoms with van der Waals surface area (Å²) in [6.07, 6.45) is 0.210. The molecule has 0 rings (SSSR count). The standard InChI is InChI=1S/C9H17NO4Si/c1-8(11)5-9(6-10)7-15(12-2,13-3)14-4/h9H,5,7H2,1-4H3. The van der Waals surface area contributed by atoms with Crippen LogP contribution in [0.3, 0.4) is 0 Å². The summed E-state index contributed by atoms with van der Waals surface area (Å²) in [5.74, 6) is -0.429. The Morgan fingerprint density at radius 3 is 2.07 bits per heavy atom. The Bertz CT molecular complexity index is 239. The molecule has 0 aromatic heterocycles. The average Bonchev–Trinajstić information content (AvgIpc) is 2.24. The van der Waals surface area contributed by atoms with Crippen LogP contribution in [0, 0.1) is 17.2 Å². The van der Waals surface area contributed by atoms with Crippen molar-refractivity contribution in [2.75, 3.05) is 21.3 Å². The van der Waals surface area contributed by atoms with Gasteiger partial charge >= 0.3 is 8.80 Å². The highest BCUT2D eigenvalue weighted by Crippen LogP contribution is 2.21. The molecule has 0 aromatic rings. The third kappa shape index (κ3) is 4.53. The summed E-state index contributed by atoms with van der Waals surface area (Å²) >= 11 is 0. The molecule has 6 heteroatoms. The van der Waals surface area contributed by atoms with E-state index in [9.17, 15) is 4.79 Å². The first-order valence-corrected chi connectivity index (χ1v) is 6.51. The zero-order valence-corrected chi connectivity index (χ0v) is 10.6. The lowest BCUT2D eigenvalue weighted by Crippen LogP contribution is -2.44. The Morgan fingerprint density at radius 2 is 1.80 bits per heavy atom. The molecule has 0 spiro atoms. The fourth-order valence-electron chi connectivity index (χ4n) is 1.31. The lowest BCUT2D eigenvalue weighted by molar-refractivity contribution is -0.117. The Labute approximate surface area is 91.3 Å². The maximum atomic E-state index is 10.9. The number of ketones is 1. The van der Waals surface area contributed by atoms with E-state index in [1.54, 1.807) is 0 Å². The van der Waals surface area contributed by atoms with Crippen molar-refractivity contribution in [1.29, 1.82) is 5.26 Å². The number of nitriles is 1. The molecule has 0 aromatic carbocycles. The van der Waals surface area contributed by atoms with E-state index in [1.165, 1.54) is 28.3 Å². The van der Waals surface area contributed by atoms with E-state index < -0.39 is 14.7 Å². The van der Waals surface area contributed by atoms with E-state index in [4.69, 9.17) is 18.5 Å². The fraction of sp³-hybridized carbons (Fsp3) is 0.778. The van der Waals surface area contributed by atoms with Gasteiger partial charge in [0.15, 0.2) is 0 Å². The van der Waals surface area contributed by atoms with Gasteiger partial charge in [-0.1, -0.05) is 0 Å². The normalized spacial score (nSPS) is 13.3. The van der Waals surface area contributed by atoms with Crippen molar-refractivity contribution in [3.05, 3.63) is 0 Å². The van der Waals surface area contributed by atoms with Crippen LogP contribution in [0.2, 0.25) is 6.04 Å². The molecular formula is C9H17NO4Si. The summed E-state index contributed by atoms with van der Waals surface area (Å²) in [6.45, 7) is 1.46. The molecule has 5 nitrogen and oxygen atoms in total. The van der Waals surface area contributed by atoms with Crippen LogP contribution in [-0.2, 0) is 18.1 Å². The number of hydrogen-bond donors (Lipinski definition) is 0. The van der Waals surface area contributed by atoms with E-state index in [0.29, 0.717) is 6.04 Å². The number of Topliss-reactive ketones (excluding diaryl/α,β-unsaturated/α-hetero) is 1. The summed E-state index contributed by atoms with van der Waals surface area (Å²) in [4.78, 5) is 10.9. The van der Waals surface area contributed by atoms with Crippen LogP contribution in [0.5, 0.6) is 0 Å². The summed E-state index contributed by atoms with van der Waals surface area (Å²) in [5.41, 5.74) is 0. The SMILES string of the molecule is CO[Si](CC(C#N)CC(C)=O)(OC)OC. The smallest absolute Gasteiger partial charge is 0.377 e. The predicted octanol–water partition coefficient (Wildman–Crippen LogP) is 0.983. The molecular weight excluding hydrogens is 214 g/mol. The van der Waals surface area contributed by atoms with E-state index in [1.807, 2.05) is 0 Å². The minimum Gasteiger partial charge on any atom is -0.377 e. The molecule has 0 saturated heterocycles. The molecule has 15 heavy (non-hydrogen) atoms. The van der Waals surface area contributed by atoms with Crippen LogP contribution in [0.25, 0.3) is 0 Å². The van der Waals surface area contributed by atoms with Gasteiger partial charge in [0, 0.05) is 33.8 Å². The molecule has 0 saturated carbocycles. The van der Waals surface area contributed by atoms with Crippen LogP contribution in [0.4, 0.5) is 0 Å². The molecule has 0 N–H and O–H groups in total. The van der Waals surface area contributed by atoms with Crippen molar-refractivity contribution in [2.45, 2.75) is 19.4 Å². The molecule has 0 aliphatic heterocycles. The number of hydrogen-bond acceptors (Lipinski definition) is 5. The van der Waals surface area contributed by atoms with Crippen LogP contribution >= 0.6 is 0 Å². The lowest BCUT2D eigenvalue weighted by Gasteiger charge is -2.25.